The Kier molecular flexibility index (Phi) is 3.85. The van der Waals surface area contributed by atoms with Gasteiger partial charge in [0.25, 0.3) is 0 Å². The first kappa shape index (κ1) is 13.3. The maximum absolute atomic E-state index is 6.03. The highest BCUT2D eigenvalue weighted by Gasteiger charge is 2.33. The molecule has 0 aliphatic heterocycles. The van der Waals surface area contributed by atoms with Crippen molar-refractivity contribution in [2.24, 2.45) is 17.1 Å². The topological polar surface area (TPSA) is 61.0 Å². The third kappa shape index (κ3) is 3.19. The molecule has 0 bridgehead atoms. The van der Waals surface area contributed by atoms with Gasteiger partial charge in [0, 0.05) is 12.1 Å². The maximum Gasteiger partial charge on any atom is 0.238 e. The van der Waals surface area contributed by atoms with Crippen LogP contribution < -0.4 is 10.5 Å². The van der Waals surface area contributed by atoms with Crippen molar-refractivity contribution < 1.29 is 4.74 Å². The van der Waals surface area contributed by atoms with Crippen LogP contribution in [0.4, 0.5) is 0 Å². The SMILES string of the molecule is CC1CC(Oc2nnccc2CN)CC(C)(C)C1. The summed E-state index contributed by atoms with van der Waals surface area (Å²) in [5.41, 5.74) is 6.96. The molecule has 2 unspecified atom stereocenters. The van der Waals surface area contributed by atoms with Crippen LogP contribution in [0.25, 0.3) is 0 Å². The lowest BCUT2D eigenvalue weighted by atomic mass is 9.71. The van der Waals surface area contributed by atoms with Crippen LogP contribution in [0.2, 0.25) is 0 Å². The number of nitrogens with two attached hydrogens (primary N) is 1. The average Bonchev–Trinajstić information content (AvgIpc) is 2.27. The molecular formula is C14H23N3O. The van der Waals surface area contributed by atoms with Gasteiger partial charge in [0.1, 0.15) is 6.10 Å². The molecule has 0 amide bonds. The molecule has 100 valence electrons. The second-order valence-corrected chi connectivity index (χ2v) is 6.22. The number of rotatable bonds is 3. The lowest BCUT2D eigenvalue weighted by Crippen LogP contribution is -2.34. The van der Waals surface area contributed by atoms with Gasteiger partial charge in [-0.2, -0.15) is 5.10 Å². The molecule has 2 N–H and O–H groups in total. The van der Waals surface area contributed by atoms with Crippen LogP contribution in [0.3, 0.4) is 0 Å². The molecule has 0 spiro atoms. The summed E-state index contributed by atoms with van der Waals surface area (Å²) in [7, 11) is 0. The van der Waals surface area contributed by atoms with Crippen molar-refractivity contribution in [2.45, 2.75) is 52.7 Å². The van der Waals surface area contributed by atoms with Gasteiger partial charge < -0.3 is 10.5 Å². The van der Waals surface area contributed by atoms with Crippen molar-refractivity contribution in [1.82, 2.24) is 10.2 Å². The quantitative estimate of drug-likeness (QED) is 0.894. The zero-order valence-electron chi connectivity index (χ0n) is 11.5. The van der Waals surface area contributed by atoms with Crippen LogP contribution in [-0.2, 0) is 6.54 Å². The fourth-order valence-electron chi connectivity index (χ4n) is 3.11. The zero-order valence-corrected chi connectivity index (χ0v) is 11.5. The van der Waals surface area contributed by atoms with Gasteiger partial charge in [-0.15, -0.1) is 5.10 Å². The van der Waals surface area contributed by atoms with E-state index in [0.29, 0.717) is 23.8 Å². The summed E-state index contributed by atoms with van der Waals surface area (Å²) in [5, 5.41) is 7.95. The molecule has 1 fully saturated rings. The van der Waals surface area contributed by atoms with Crippen LogP contribution in [0, 0.1) is 11.3 Å². The Morgan fingerprint density at radius 2 is 2.22 bits per heavy atom. The maximum atomic E-state index is 6.03. The van der Waals surface area contributed by atoms with E-state index in [2.05, 4.69) is 31.0 Å². The molecule has 0 radical (unpaired) electrons. The van der Waals surface area contributed by atoms with Crippen LogP contribution >= 0.6 is 0 Å². The molecule has 1 heterocycles. The summed E-state index contributed by atoms with van der Waals surface area (Å²) < 4.78 is 6.03. The molecule has 1 aromatic heterocycles. The minimum absolute atomic E-state index is 0.228. The molecule has 2 rings (SSSR count). The normalized spacial score (nSPS) is 26.9. The molecule has 2 atom stereocenters. The summed E-state index contributed by atoms with van der Waals surface area (Å²) in [6, 6.07) is 1.87. The van der Waals surface area contributed by atoms with Crippen molar-refractivity contribution in [1.29, 1.82) is 0 Å². The summed E-state index contributed by atoms with van der Waals surface area (Å²) in [4.78, 5) is 0. The van der Waals surface area contributed by atoms with Crippen LogP contribution in [-0.4, -0.2) is 16.3 Å². The molecule has 1 saturated carbocycles. The lowest BCUT2D eigenvalue weighted by Gasteiger charge is -2.38. The molecular weight excluding hydrogens is 226 g/mol. The van der Waals surface area contributed by atoms with Gasteiger partial charge in [0.15, 0.2) is 0 Å². The Balaban J connectivity index is 2.09. The molecule has 4 heteroatoms. The standard InChI is InChI=1S/C14H23N3O/c1-10-6-12(8-14(2,3)7-10)18-13-11(9-15)4-5-16-17-13/h4-5,10,12H,6-9,15H2,1-3H3. The highest BCUT2D eigenvalue weighted by molar-refractivity contribution is 5.23. The van der Waals surface area contributed by atoms with Gasteiger partial charge in [0.05, 0.1) is 6.20 Å². The van der Waals surface area contributed by atoms with Crippen molar-refractivity contribution in [2.75, 3.05) is 0 Å². The minimum atomic E-state index is 0.228. The highest BCUT2D eigenvalue weighted by Crippen LogP contribution is 2.39. The summed E-state index contributed by atoms with van der Waals surface area (Å²) in [6.45, 7) is 7.34. The molecule has 0 aromatic carbocycles. The van der Waals surface area contributed by atoms with Crippen LogP contribution in [0.5, 0.6) is 5.88 Å². The number of aromatic nitrogens is 2. The zero-order chi connectivity index (χ0) is 13.2. The Labute approximate surface area is 109 Å². The Morgan fingerprint density at radius 3 is 2.89 bits per heavy atom. The van der Waals surface area contributed by atoms with E-state index in [1.807, 2.05) is 6.07 Å². The van der Waals surface area contributed by atoms with Crippen molar-refractivity contribution in [3.8, 4) is 5.88 Å². The van der Waals surface area contributed by atoms with Gasteiger partial charge in [-0.3, -0.25) is 0 Å². The van der Waals surface area contributed by atoms with E-state index < -0.39 is 0 Å². The number of hydrogen-bond donors (Lipinski definition) is 1. The smallest absolute Gasteiger partial charge is 0.238 e. The number of ether oxygens (including phenoxy) is 1. The molecule has 1 aromatic rings. The highest BCUT2D eigenvalue weighted by atomic mass is 16.5. The molecule has 4 nitrogen and oxygen atoms in total. The van der Waals surface area contributed by atoms with Gasteiger partial charge in [0.2, 0.25) is 5.88 Å². The fraction of sp³-hybridized carbons (Fsp3) is 0.714. The Hall–Kier alpha value is -1.16. The van der Waals surface area contributed by atoms with Crippen molar-refractivity contribution in [3.63, 3.8) is 0 Å². The minimum Gasteiger partial charge on any atom is -0.473 e. The predicted octanol–water partition coefficient (Wildman–Crippen LogP) is 2.53. The first-order valence-electron chi connectivity index (χ1n) is 6.67. The Bertz CT molecular complexity index is 406. The van der Waals surface area contributed by atoms with E-state index in [4.69, 9.17) is 10.5 Å². The molecule has 0 saturated heterocycles. The lowest BCUT2D eigenvalue weighted by molar-refractivity contribution is 0.0519. The van der Waals surface area contributed by atoms with Crippen molar-refractivity contribution in [3.05, 3.63) is 17.8 Å². The largest absolute Gasteiger partial charge is 0.473 e. The monoisotopic (exact) mass is 249 g/mol. The molecule has 18 heavy (non-hydrogen) atoms. The summed E-state index contributed by atoms with van der Waals surface area (Å²) in [5.74, 6) is 1.30. The van der Waals surface area contributed by atoms with Gasteiger partial charge in [-0.25, -0.2) is 0 Å². The second-order valence-electron chi connectivity index (χ2n) is 6.22. The first-order valence-corrected chi connectivity index (χ1v) is 6.67. The van der Waals surface area contributed by atoms with Crippen molar-refractivity contribution >= 4 is 0 Å². The van der Waals surface area contributed by atoms with E-state index in [9.17, 15) is 0 Å². The number of nitrogens with zero attached hydrogens (tertiary/aromatic N) is 2. The van der Waals surface area contributed by atoms with Gasteiger partial charge in [-0.05, 0) is 36.7 Å². The summed E-state index contributed by atoms with van der Waals surface area (Å²) in [6.07, 6.45) is 5.30. The average molecular weight is 249 g/mol. The van der Waals surface area contributed by atoms with E-state index in [1.165, 1.54) is 6.42 Å². The molecule has 1 aliphatic rings. The van der Waals surface area contributed by atoms with Crippen LogP contribution in [0.15, 0.2) is 12.3 Å². The van der Waals surface area contributed by atoms with E-state index in [0.717, 1.165) is 18.4 Å². The van der Waals surface area contributed by atoms with E-state index in [1.54, 1.807) is 6.20 Å². The second kappa shape index (κ2) is 5.22. The Morgan fingerprint density at radius 1 is 1.44 bits per heavy atom. The molecule has 1 aliphatic carbocycles. The third-order valence-electron chi connectivity index (χ3n) is 3.61. The van der Waals surface area contributed by atoms with E-state index in [-0.39, 0.29) is 6.10 Å². The summed E-state index contributed by atoms with van der Waals surface area (Å²) >= 11 is 0. The van der Waals surface area contributed by atoms with E-state index >= 15 is 0 Å². The van der Waals surface area contributed by atoms with Gasteiger partial charge in [-0.1, -0.05) is 20.8 Å². The number of hydrogen-bond acceptors (Lipinski definition) is 4. The predicted molar refractivity (Wildman–Crippen MR) is 71.1 cm³/mol. The van der Waals surface area contributed by atoms with Gasteiger partial charge >= 0.3 is 0 Å². The van der Waals surface area contributed by atoms with Crippen LogP contribution in [0.1, 0.15) is 45.6 Å². The first-order chi connectivity index (χ1) is 8.50. The third-order valence-corrected chi connectivity index (χ3v) is 3.61. The fourth-order valence-corrected chi connectivity index (χ4v) is 3.11.